The summed E-state index contributed by atoms with van der Waals surface area (Å²) in [5, 5.41) is 5.72. The number of hydrogen-bond donors (Lipinski definition) is 2. The van der Waals surface area contributed by atoms with Gasteiger partial charge in [0, 0.05) is 26.2 Å². The fourth-order valence-corrected chi connectivity index (χ4v) is 3.52. The van der Waals surface area contributed by atoms with Crippen molar-refractivity contribution in [2.45, 2.75) is 26.4 Å². The standard InChI is InChI=1S/C17H27N3O3S/c1-11(2)13-8-20(9-14(13)19-16(21)10-24-4)7-12-5-6-15(23-12)17(22)18-3/h5-6,11,13-14H,7-10H2,1-4H3,(H,18,22)(H,19,21)/t13-,14+/m0/s1. The molecular formula is C17H27N3O3S. The summed E-state index contributed by atoms with van der Waals surface area (Å²) in [7, 11) is 1.58. The molecule has 0 unspecified atom stereocenters. The highest BCUT2D eigenvalue weighted by Gasteiger charge is 2.35. The van der Waals surface area contributed by atoms with Crippen LogP contribution < -0.4 is 10.6 Å². The molecule has 0 radical (unpaired) electrons. The highest BCUT2D eigenvalue weighted by molar-refractivity contribution is 7.99. The second-order valence-corrected chi connectivity index (χ2v) is 7.42. The zero-order chi connectivity index (χ0) is 17.7. The van der Waals surface area contributed by atoms with Gasteiger partial charge in [-0.2, -0.15) is 11.8 Å². The summed E-state index contributed by atoms with van der Waals surface area (Å²) in [4.78, 5) is 25.8. The maximum atomic E-state index is 11.9. The molecule has 6 nitrogen and oxygen atoms in total. The minimum Gasteiger partial charge on any atom is -0.455 e. The van der Waals surface area contributed by atoms with E-state index in [1.807, 2.05) is 12.3 Å². The van der Waals surface area contributed by atoms with Crippen molar-refractivity contribution in [2.24, 2.45) is 11.8 Å². The summed E-state index contributed by atoms with van der Waals surface area (Å²) in [6, 6.07) is 3.70. The molecular weight excluding hydrogens is 326 g/mol. The Balaban J connectivity index is 1.98. The lowest BCUT2D eigenvalue weighted by Gasteiger charge is -2.22. The largest absolute Gasteiger partial charge is 0.455 e. The van der Waals surface area contributed by atoms with E-state index in [1.165, 1.54) is 11.8 Å². The van der Waals surface area contributed by atoms with Crippen molar-refractivity contribution in [1.29, 1.82) is 0 Å². The first kappa shape index (κ1) is 18.9. The van der Waals surface area contributed by atoms with Crippen molar-refractivity contribution in [1.82, 2.24) is 15.5 Å². The normalized spacial score (nSPS) is 21.2. The summed E-state index contributed by atoms with van der Waals surface area (Å²) < 4.78 is 5.60. The summed E-state index contributed by atoms with van der Waals surface area (Å²) in [6.45, 7) is 6.75. The van der Waals surface area contributed by atoms with Gasteiger partial charge in [-0.3, -0.25) is 14.5 Å². The third-order valence-corrected chi connectivity index (χ3v) is 4.96. The SMILES string of the molecule is CNC(=O)c1ccc(CN2C[C@@H](NC(=O)CSC)[C@H](C(C)C)C2)o1. The van der Waals surface area contributed by atoms with E-state index >= 15 is 0 Å². The van der Waals surface area contributed by atoms with Crippen LogP contribution in [0.4, 0.5) is 0 Å². The first-order valence-corrected chi connectivity index (χ1v) is 9.65. The molecule has 2 rings (SSSR count). The first-order chi connectivity index (χ1) is 11.4. The van der Waals surface area contributed by atoms with Crippen LogP contribution in [-0.2, 0) is 11.3 Å². The molecule has 1 aromatic rings. The lowest BCUT2D eigenvalue weighted by molar-refractivity contribution is -0.119. The van der Waals surface area contributed by atoms with E-state index in [0.717, 1.165) is 18.8 Å². The number of likely N-dealkylation sites (tertiary alicyclic amines) is 1. The topological polar surface area (TPSA) is 74.6 Å². The van der Waals surface area contributed by atoms with Crippen LogP contribution in [0.25, 0.3) is 0 Å². The van der Waals surface area contributed by atoms with Crippen LogP contribution in [0.2, 0.25) is 0 Å². The zero-order valence-corrected chi connectivity index (χ0v) is 15.6. The maximum absolute atomic E-state index is 11.9. The minimum atomic E-state index is -0.218. The molecule has 1 aliphatic heterocycles. The van der Waals surface area contributed by atoms with Crippen molar-refractivity contribution < 1.29 is 14.0 Å². The van der Waals surface area contributed by atoms with Crippen LogP contribution in [0.15, 0.2) is 16.5 Å². The molecule has 24 heavy (non-hydrogen) atoms. The lowest BCUT2D eigenvalue weighted by Crippen LogP contribution is -2.42. The number of carbonyl (C=O) groups is 2. The number of amides is 2. The molecule has 134 valence electrons. The predicted molar refractivity (Wildman–Crippen MR) is 96.0 cm³/mol. The second kappa shape index (κ2) is 8.58. The van der Waals surface area contributed by atoms with Crippen LogP contribution in [0.5, 0.6) is 0 Å². The van der Waals surface area contributed by atoms with Gasteiger partial charge in [-0.1, -0.05) is 13.8 Å². The van der Waals surface area contributed by atoms with Gasteiger partial charge in [0.25, 0.3) is 5.91 Å². The van der Waals surface area contributed by atoms with Crippen LogP contribution >= 0.6 is 11.8 Å². The molecule has 0 saturated carbocycles. The van der Waals surface area contributed by atoms with Crippen molar-refractivity contribution in [3.8, 4) is 0 Å². The van der Waals surface area contributed by atoms with Gasteiger partial charge in [-0.05, 0) is 30.2 Å². The number of thioether (sulfide) groups is 1. The Bertz CT molecular complexity index is 573. The van der Waals surface area contributed by atoms with Gasteiger partial charge in [-0.25, -0.2) is 0 Å². The van der Waals surface area contributed by atoms with Gasteiger partial charge < -0.3 is 15.1 Å². The third-order valence-electron chi connectivity index (χ3n) is 4.41. The molecule has 1 fully saturated rings. The number of hydrogen-bond acceptors (Lipinski definition) is 5. The molecule has 1 aromatic heterocycles. The van der Waals surface area contributed by atoms with Crippen molar-refractivity contribution >= 4 is 23.6 Å². The zero-order valence-electron chi connectivity index (χ0n) is 14.8. The first-order valence-electron chi connectivity index (χ1n) is 8.26. The molecule has 2 atom stereocenters. The maximum Gasteiger partial charge on any atom is 0.286 e. The third kappa shape index (κ3) is 4.77. The fourth-order valence-electron chi connectivity index (χ4n) is 3.18. The van der Waals surface area contributed by atoms with E-state index in [0.29, 0.717) is 29.9 Å². The highest BCUT2D eigenvalue weighted by atomic mass is 32.2. The van der Waals surface area contributed by atoms with Crippen LogP contribution in [0.3, 0.4) is 0 Å². The summed E-state index contributed by atoms with van der Waals surface area (Å²) in [5.74, 6) is 2.39. The van der Waals surface area contributed by atoms with Gasteiger partial charge in [-0.15, -0.1) is 0 Å². The Kier molecular flexibility index (Phi) is 6.74. The number of furan rings is 1. The molecule has 0 aliphatic carbocycles. The lowest BCUT2D eigenvalue weighted by atomic mass is 9.91. The van der Waals surface area contributed by atoms with E-state index in [4.69, 9.17) is 4.42 Å². The van der Waals surface area contributed by atoms with Crippen LogP contribution in [-0.4, -0.2) is 54.9 Å². The summed E-state index contributed by atoms with van der Waals surface area (Å²) >= 11 is 1.54. The number of rotatable bonds is 7. The van der Waals surface area contributed by atoms with Crippen LogP contribution in [0.1, 0.15) is 30.2 Å². The average molecular weight is 353 g/mol. The summed E-state index contributed by atoms with van der Waals surface area (Å²) in [5.41, 5.74) is 0. The van der Waals surface area contributed by atoms with Gasteiger partial charge >= 0.3 is 0 Å². The molecule has 0 aromatic carbocycles. The van der Waals surface area contributed by atoms with E-state index in [1.54, 1.807) is 13.1 Å². The molecule has 2 N–H and O–H groups in total. The second-order valence-electron chi connectivity index (χ2n) is 6.55. The Morgan fingerprint density at radius 2 is 2.12 bits per heavy atom. The molecule has 2 heterocycles. The van der Waals surface area contributed by atoms with Gasteiger partial charge in [0.05, 0.1) is 12.3 Å². The highest BCUT2D eigenvalue weighted by Crippen LogP contribution is 2.26. The van der Waals surface area contributed by atoms with Crippen molar-refractivity contribution in [3.63, 3.8) is 0 Å². The average Bonchev–Trinajstić information content (AvgIpc) is 3.14. The Morgan fingerprint density at radius 3 is 2.75 bits per heavy atom. The van der Waals surface area contributed by atoms with Gasteiger partial charge in [0.2, 0.25) is 5.91 Å². The molecule has 1 saturated heterocycles. The molecule has 2 amide bonds. The van der Waals surface area contributed by atoms with Crippen molar-refractivity contribution in [3.05, 3.63) is 23.7 Å². The van der Waals surface area contributed by atoms with Gasteiger partial charge in [0.15, 0.2) is 5.76 Å². The Hall–Kier alpha value is -1.47. The van der Waals surface area contributed by atoms with E-state index in [-0.39, 0.29) is 17.9 Å². The van der Waals surface area contributed by atoms with E-state index in [2.05, 4.69) is 29.4 Å². The number of nitrogens with zero attached hydrogens (tertiary/aromatic N) is 1. The van der Waals surface area contributed by atoms with Crippen molar-refractivity contribution in [2.75, 3.05) is 32.1 Å². The monoisotopic (exact) mass is 353 g/mol. The van der Waals surface area contributed by atoms with Crippen LogP contribution in [0, 0.1) is 11.8 Å². The fraction of sp³-hybridized carbons (Fsp3) is 0.647. The Labute approximate surface area is 147 Å². The molecule has 0 bridgehead atoms. The smallest absolute Gasteiger partial charge is 0.286 e. The van der Waals surface area contributed by atoms with E-state index < -0.39 is 0 Å². The minimum absolute atomic E-state index is 0.0971. The number of nitrogens with one attached hydrogen (secondary N) is 2. The molecule has 1 aliphatic rings. The van der Waals surface area contributed by atoms with E-state index in [9.17, 15) is 9.59 Å². The number of carbonyl (C=O) groups excluding carboxylic acids is 2. The Morgan fingerprint density at radius 1 is 1.38 bits per heavy atom. The quantitative estimate of drug-likeness (QED) is 0.778. The summed E-state index contributed by atoms with van der Waals surface area (Å²) in [6.07, 6.45) is 1.93. The van der Waals surface area contributed by atoms with Gasteiger partial charge in [0.1, 0.15) is 5.76 Å². The molecule has 7 heteroatoms. The predicted octanol–water partition coefficient (Wildman–Crippen LogP) is 1.57. The molecule has 0 spiro atoms.